The van der Waals surface area contributed by atoms with Crippen LogP contribution in [0.25, 0.3) is 0 Å². The molecule has 0 aliphatic carbocycles. The average molecular weight is 242 g/mol. The van der Waals surface area contributed by atoms with Crippen LogP contribution in [0.15, 0.2) is 35.7 Å². The molecule has 0 atom stereocenters. The van der Waals surface area contributed by atoms with Crippen molar-refractivity contribution < 1.29 is 0 Å². The lowest BCUT2D eigenvalue weighted by molar-refractivity contribution is 0.934. The van der Waals surface area contributed by atoms with E-state index in [9.17, 15) is 0 Å². The Labute approximate surface area is 106 Å². The van der Waals surface area contributed by atoms with E-state index >= 15 is 0 Å². The number of nitrogens with zero attached hydrogens (tertiary/aromatic N) is 2. The Morgan fingerprint density at radius 2 is 2.18 bits per heavy atom. The second-order valence-electron chi connectivity index (χ2n) is 4.05. The molecule has 0 aliphatic rings. The first kappa shape index (κ1) is 11.7. The van der Waals surface area contributed by atoms with Crippen LogP contribution >= 0.6 is 11.3 Å². The van der Waals surface area contributed by atoms with E-state index in [0.29, 0.717) is 0 Å². The molecule has 0 amide bonds. The van der Waals surface area contributed by atoms with Crippen molar-refractivity contribution >= 4 is 17.0 Å². The molecule has 2 rings (SSSR count). The molecule has 86 valence electrons. The van der Waals surface area contributed by atoms with Crippen LogP contribution in [0.4, 0.5) is 5.69 Å². The van der Waals surface area contributed by atoms with Crippen LogP contribution in [0.1, 0.15) is 16.0 Å². The summed E-state index contributed by atoms with van der Waals surface area (Å²) in [5, 5.41) is 10.9. The van der Waals surface area contributed by atoms with Crippen molar-refractivity contribution in [1.29, 1.82) is 5.26 Å². The van der Waals surface area contributed by atoms with Gasteiger partial charge in [-0.2, -0.15) is 5.26 Å². The van der Waals surface area contributed by atoms with Crippen molar-refractivity contribution in [3.05, 3.63) is 51.7 Å². The molecule has 1 aromatic carbocycles. The fourth-order valence-electron chi connectivity index (χ4n) is 1.87. The summed E-state index contributed by atoms with van der Waals surface area (Å²) in [5.41, 5.74) is 3.04. The number of aryl methyl sites for hydroxylation is 1. The minimum Gasteiger partial charge on any atom is -0.369 e. The van der Waals surface area contributed by atoms with Crippen LogP contribution in [0.5, 0.6) is 0 Å². The quantitative estimate of drug-likeness (QED) is 0.822. The maximum absolute atomic E-state index is 8.84. The lowest BCUT2D eigenvalue weighted by Crippen LogP contribution is -2.16. The molecule has 0 spiro atoms. The van der Waals surface area contributed by atoms with Crippen LogP contribution in [0, 0.1) is 18.3 Å². The molecule has 17 heavy (non-hydrogen) atoms. The van der Waals surface area contributed by atoms with Crippen molar-refractivity contribution in [3.63, 3.8) is 0 Å². The number of rotatable bonds is 3. The van der Waals surface area contributed by atoms with Gasteiger partial charge < -0.3 is 4.90 Å². The van der Waals surface area contributed by atoms with Crippen molar-refractivity contribution in [2.24, 2.45) is 0 Å². The van der Waals surface area contributed by atoms with Crippen molar-refractivity contribution in [1.82, 2.24) is 0 Å². The van der Waals surface area contributed by atoms with Gasteiger partial charge in [0.05, 0.1) is 18.2 Å². The molecule has 0 saturated carbocycles. The van der Waals surface area contributed by atoms with Gasteiger partial charge in [0.1, 0.15) is 0 Å². The van der Waals surface area contributed by atoms with Crippen LogP contribution in [0.2, 0.25) is 0 Å². The van der Waals surface area contributed by atoms with E-state index in [2.05, 4.69) is 35.5 Å². The highest BCUT2D eigenvalue weighted by molar-refractivity contribution is 7.09. The smallest absolute Gasteiger partial charge is 0.0991 e. The first-order valence-electron chi connectivity index (χ1n) is 5.45. The minimum absolute atomic E-state index is 0.718. The third kappa shape index (κ3) is 2.66. The highest BCUT2D eigenvalue weighted by Crippen LogP contribution is 2.22. The predicted octanol–water partition coefficient (Wildman–Crippen LogP) is 3.56. The highest BCUT2D eigenvalue weighted by Gasteiger charge is 2.06. The zero-order valence-electron chi connectivity index (χ0n) is 9.97. The van der Waals surface area contributed by atoms with Crippen molar-refractivity contribution in [2.75, 3.05) is 11.9 Å². The number of hydrogen-bond acceptors (Lipinski definition) is 3. The summed E-state index contributed by atoms with van der Waals surface area (Å²) in [5.74, 6) is 0. The van der Waals surface area contributed by atoms with E-state index in [1.54, 1.807) is 11.3 Å². The molecule has 0 N–H and O–H groups in total. The van der Waals surface area contributed by atoms with Crippen LogP contribution in [-0.4, -0.2) is 7.05 Å². The topological polar surface area (TPSA) is 27.0 Å². The van der Waals surface area contributed by atoms with Gasteiger partial charge >= 0.3 is 0 Å². The molecule has 0 unspecified atom stereocenters. The van der Waals surface area contributed by atoms with Crippen LogP contribution in [-0.2, 0) is 6.54 Å². The standard InChI is InChI=1S/C14H14N2S/c1-11-8-12(9-15)5-6-14(11)16(2)10-13-4-3-7-17-13/h3-8H,10H2,1-2H3. The molecular weight excluding hydrogens is 228 g/mol. The number of hydrogen-bond donors (Lipinski definition) is 0. The molecule has 0 fully saturated rings. The van der Waals surface area contributed by atoms with Gasteiger partial charge in [0.25, 0.3) is 0 Å². The maximum Gasteiger partial charge on any atom is 0.0991 e. The van der Waals surface area contributed by atoms with Gasteiger partial charge in [0.15, 0.2) is 0 Å². The number of anilines is 1. The van der Waals surface area contributed by atoms with E-state index in [1.165, 1.54) is 10.6 Å². The minimum atomic E-state index is 0.718. The Morgan fingerprint density at radius 1 is 1.35 bits per heavy atom. The molecule has 2 nitrogen and oxygen atoms in total. The summed E-state index contributed by atoms with van der Waals surface area (Å²) >= 11 is 1.77. The predicted molar refractivity (Wildman–Crippen MR) is 72.3 cm³/mol. The zero-order valence-corrected chi connectivity index (χ0v) is 10.8. The monoisotopic (exact) mass is 242 g/mol. The van der Waals surface area contributed by atoms with Crippen molar-refractivity contribution in [2.45, 2.75) is 13.5 Å². The molecule has 0 saturated heterocycles. The van der Waals surface area contributed by atoms with Crippen LogP contribution in [0.3, 0.4) is 0 Å². The Kier molecular flexibility index (Phi) is 3.46. The fourth-order valence-corrected chi connectivity index (χ4v) is 2.63. The van der Waals surface area contributed by atoms with E-state index in [0.717, 1.165) is 17.7 Å². The molecule has 1 heterocycles. The molecule has 1 aromatic heterocycles. The molecule has 3 heteroatoms. The largest absolute Gasteiger partial charge is 0.369 e. The lowest BCUT2D eigenvalue weighted by Gasteiger charge is -2.20. The summed E-state index contributed by atoms with van der Waals surface area (Å²) in [6, 6.07) is 12.2. The van der Waals surface area contributed by atoms with E-state index in [1.807, 2.05) is 25.1 Å². The van der Waals surface area contributed by atoms with Gasteiger partial charge in [-0.3, -0.25) is 0 Å². The summed E-state index contributed by atoms with van der Waals surface area (Å²) in [4.78, 5) is 3.55. The third-order valence-electron chi connectivity index (χ3n) is 2.71. The first-order chi connectivity index (χ1) is 8.20. The van der Waals surface area contributed by atoms with Gasteiger partial charge in [-0.25, -0.2) is 0 Å². The maximum atomic E-state index is 8.84. The fraction of sp³-hybridized carbons (Fsp3) is 0.214. The second kappa shape index (κ2) is 5.03. The Balaban J connectivity index is 2.20. The number of nitriles is 1. The molecule has 0 bridgehead atoms. The number of benzene rings is 1. The summed E-state index contributed by atoms with van der Waals surface area (Å²) in [6.45, 7) is 2.95. The van der Waals surface area contributed by atoms with Crippen molar-refractivity contribution in [3.8, 4) is 6.07 Å². The van der Waals surface area contributed by atoms with Gasteiger partial charge in [-0.05, 0) is 42.1 Å². The molecule has 2 aromatic rings. The third-order valence-corrected chi connectivity index (χ3v) is 3.57. The summed E-state index contributed by atoms with van der Waals surface area (Å²) in [7, 11) is 2.08. The average Bonchev–Trinajstić information content (AvgIpc) is 2.81. The van der Waals surface area contributed by atoms with E-state index < -0.39 is 0 Å². The van der Waals surface area contributed by atoms with Crippen LogP contribution < -0.4 is 4.90 Å². The van der Waals surface area contributed by atoms with Gasteiger partial charge in [-0.15, -0.1) is 11.3 Å². The molecule has 0 aliphatic heterocycles. The first-order valence-corrected chi connectivity index (χ1v) is 6.33. The summed E-state index contributed by atoms with van der Waals surface area (Å²) in [6.07, 6.45) is 0. The SMILES string of the molecule is Cc1cc(C#N)ccc1N(C)Cc1cccs1. The van der Waals surface area contributed by atoms with Gasteiger partial charge in [0, 0.05) is 17.6 Å². The lowest BCUT2D eigenvalue weighted by atomic mass is 10.1. The van der Waals surface area contributed by atoms with E-state index in [-0.39, 0.29) is 0 Å². The Morgan fingerprint density at radius 3 is 2.76 bits per heavy atom. The van der Waals surface area contributed by atoms with E-state index in [4.69, 9.17) is 5.26 Å². The second-order valence-corrected chi connectivity index (χ2v) is 5.08. The molecule has 0 radical (unpaired) electrons. The normalized spacial score (nSPS) is 9.94. The summed E-state index contributed by atoms with van der Waals surface area (Å²) < 4.78 is 0. The van der Waals surface area contributed by atoms with Gasteiger partial charge in [0.2, 0.25) is 0 Å². The Hall–Kier alpha value is -1.79. The van der Waals surface area contributed by atoms with Gasteiger partial charge in [-0.1, -0.05) is 6.07 Å². The highest BCUT2D eigenvalue weighted by atomic mass is 32.1. The Bertz CT molecular complexity index is 538. The number of thiophene rings is 1. The molecular formula is C14H14N2S. The zero-order chi connectivity index (χ0) is 12.3.